The molecular formula is C67H174O15Si5. The predicted octanol–water partition coefficient (Wildman–Crippen LogP) is 22.8. The second-order valence-electron chi connectivity index (χ2n) is 22.0. The lowest BCUT2D eigenvalue weighted by Gasteiger charge is -2.41. The average Bonchev–Trinajstić information content (AvgIpc) is 3.43. The van der Waals surface area contributed by atoms with Crippen LogP contribution < -0.4 is 0 Å². The lowest BCUT2D eigenvalue weighted by atomic mass is 9.86. The van der Waals surface area contributed by atoms with E-state index in [1.165, 1.54) is 96.3 Å². The topological polar surface area (TPSA) is 138 Å². The molecule has 0 aliphatic heterocycles. The molecule has 0 rings (SSSR count). The highest BCUT2D eigenvalue weighted by atomic mass is 28.4. The fraction of sp³-hybridized carbons (Fsp3) is 1.00. The first-order valence-corrected chi connectivity index (χ1v) is 38.9. The first kappa shape index (κ1) is 125. The van der Waals surface area contributed by atoms with Crippen LogP contribution in [-0.2, 0) is 66.4 Å². The van der Waals surface area contributed by atoms with E-state index in [-0.39, 0.29) is 84.7 Å². The van der Waals surface area contributed by atoms with Crippen LogP contribution in [0.4, 0.5) is 0 Å². The van der Waals surface area contributed by atoms with Crippen LogP contribution in [0.5, 0.6) is 0 Å². The Balaban J connectivity index is -0.0000000557. The van der Waals surface area contributed by atoms with Gasteiger partial charge >= 0.3 is 44.0 Å². The molecule has 15 nitrogen and oxygen atoms in total. The first-order valence-electron chi connectivity index (χ1n) is 29.7. The van der Waals surface area contributed by atoms with Crippen molar-refractivity contribution >= 4 is 44.0 Å². The molecule has 0 saturated carbocycles. The van der Waals surface area contributed by atoms with Crippen LogP contribution in [0, 0.1) is 17.3 Å². The van der Waals surface area contributed by atoms with Crippen LogP contribution in [0.2, 0.25) is 28.2 Å². The van der Waals surface area contributed by atoms with E-state index in [0.717, 1.165) is 50.6 Å². The molecule has 0 amide bonds. The summed E-state index contributed by atoms with van der Waals surface area (Å²) < 4.78 is 82.7. The molecular weight excluding hydrogens is 1190 g/mol. The predicted molar refractivity (Wildman–Crippen MR) is 401 cm³/mol. The van der Waals surface area contributed by atoms with E-state index < -0.39 is 44.0 Å². The van der Waals surface area contributed by atoms with E-state index >= 15 is 0 Å². The molecule has 0 aliphatic carbocycles. The number of hydrogen-bond acceptors (Lipinski definition) is 15. The summed E-state index contributed by atoms with van der Waals surface area (Å²) in [5, 5.41) is -0.0799. The fourth-order valence-corrected chi connectivity index (χ4v) is 23.1. The smallest absolute Gasteiger partial charge is 0.377 e. The van der Waals surface area contributed by atoms with Gasteiger partial charge in [0, 0.05) is 135 Å². The minimum absolute atomic E-state index is 0. The summed E-state index contributed by atoms with van der Waals surface area (Å²) in [6.45, 7) is 28.7. The number of unbranched alkanes of at least 4 members (excludes halogenated alkanes) is 6. The quantitative estimate of drug-likeness (QED) is 0.0422. The van der Waals surface area contributed by atoms with Crippen molar-refractivity contribution in [3.05, 3.63) is 0 Å². The molecule has 552 valence electrons. The Morgan fingerprint density at radius 2 is 0.563 bits per heavy atom. The summed E-state index contributed by atoms with van der Waals surface area (Å²) in [6.07, 6.45) is 25.4. The molecule has 0 aliphatic rings. The van der Waals surface area contributed by atoms with Gasteiger partial charge in [0.2, 0.25) is 0 Å². The number of hydrogen-bond donors (Lipinski definition) is 0. The van der Waals surface area contributed by atoms with Gasteiger partial charge in [-0.2, -0.15) is 0 Å². The minimum atomic E-state index is -2.55. The lowest BCUT2D eigenvalue weighted by molar-refractivity contribution is 0.0841. The molecule has 0 aromatic rings. The Morgan fingerprint density at radius 1 is 0.276 bits per heavy atom. The highest BCUT2D eigenvalue weighted by molar-refractivity contribution is 6.64. The summed E-state index contributed by atoms with van der Waals surface area (Å²) in [4.78, 5) is 0. The van der Waals surface area contributed by atoms with Crippen LogP contribution in [0.15, 0.2) is 0 Å². The first-order chi connectivity index (χ1) is 36.4. The zero-order valence-electron chi connectivity index (χ0n) is 56.2. The SMILES string of the molecule is C.C.C.C.C.C.C.C.C.C.CCCCC(CC)C[Si](OC)(OC)OC.CCCCC(CCC)C[Si](OC)(OC)OC.CCCCCC(CC)[Si](OC)(OC)OC.CCCCCC(CCC)[Si](OC)(OC)OC.CO[Si](OC)(OC)C(C)(C)CC(C)(C)C. The molecule has 0 fully saturated rings. The Kier molecular flexibility index (Phi) is 106. The van der Waals surface area contributed by atoms with E-state index in [2.05, 4.69) is 90.0 Å². The van der Waals surface area contributed by atoms with Gasteiger partial charge in [-0.05, 0) is 49.4 Å². The highest BCUT2D eigenvalue weighted by Crippen LogP contribution is 2.47. The maximum absolute atomic E-state index is 5.58. The molecule has 0 aromatic heterocycles. The lowest BCUT2D eigenvalue weighted by Crippen LogP contribution is -2.53. The maximum atomic E-state index is 5.58. The van der Waals surface area contributed by atoms with Gasteiger partial charge < -0.3 is 66.4 Å². The summed E-state index contributed by atoms with van der Waals surface area (Å²) in [7, 11) is 13.3. The van der Waals surface area contributed by atoms with Crippen molar-refractivity contribution in [1.82, 2.24) is 0 Å². The standard InChI is InChI=1S/2C12H28O3Si.3C11H26O3Si.10CH4/c1-6-8-9-11-12(10-7-2)16(13-3,14-4)15-5;1-6-8-10-12(9-7-2)11-16(13-3,14-4)15-5;1-10(2,3)9-11(4,5)15(12-6,13-7)14-8;1-6-8-9-11(7-2)10-15(12-3,13-4)14-5;1-6-8-9-10-11(7-2)15(12-3,13-4)14-5;;;;;;;;;;/h2*12H,6-11H2,1-5H3;9H2,1-8H3;2*11H,6-10H2,1-5H3;10*1H4. The molecule has 87 heavy (non-hydrogen) atoms. The molecule has 0 bridgehead atoms. The Labute approximate surface area is 558 Å². The molecule has 0 radical (unpaired) electrons. The van der Waals surface area contributed by atoms with Gasteiger partial charge in [-0.15, -0.1) is 0 Å². The third kappa shape index (κ3) is 50.6. The van der Waals surface area contributed by atoms with Gasteiger partial charge in [0.1, 0.15) is 0 Å². The van der Waals surface area contributed by atoms with Gasteiger partial charge in [0.25, 0.3) is 0 Å². The largest absolute Gasteiger partial charge is 0.506 e. The second kappa shape index (κ2) is 73.9. The van der Waals surface area contributed by atoms with Gasteiger partial charge in [-0.25, -0.2) is 0 Å². The number of rotatable bonds is 43. The second-order valence-corrected chi connectivity index (χ2v) is 38.2. The van der Waals surface area contributed by atoms with Crippen molar-refractivity contribution in [3.8, 4) is 0 Å². The minimum Gasteiger partial charge on any atom is -0.377 e. The fourth-order valence-electron chi connectivity index (χ4n) is 10.7. The van der Waals surface area contributed by atoms with Crippen molar-refractivity contribution in [3.63, 3.8) is 0 Å². The summed E-state index contributed by atoms with van der Waals surface area (Å²) in [5.41, 5.74) is 1.12. The Morgan fingerprint density at radius 3 is 0.805 bits per heavy atom. The van der Waals surface area contributed by atoms with Crippen molar-refractivity contribution in [1.29, 1.82) is 0 Å². The maximum Gasteiger partial charge on any atom is 0.506 e. The molecule has 4 atom stereocenters. The highest BCUT2D eigenvalue weighted by Gasteiger charge is 2.55. The zero-order valence-corrected chi connectivity index (χ0v) is 61.2. The molecule has 0 aromatic carbocycles. The summed E-state index contributed by atoms with van der Waals surface area (Å²) >= 11 is 0. The third-order valence-corrected chi connectivity index (χ3v) is 30.9. The van der Waals surface area contributed by atoms with Crippen LogP contribution in [0.25, 0.3) is 0 Å². The summed E-state index contributed by atoms with van der Waals surface area (Å²) in [6, 6.07) is 1.89. The molecule has 0 spiro atoms. The van der Waals surface area contributed by atoms with Crippen molar-refractivity contribution < 1.29 is 66.4 Å². The van der Waals surface area contributed by atoms with Gasteiger partial charge in [-0.1, -0.05) is 267 Å². The van der Waals surface area contributed by atoms with Crippen molar-refractivity contribution in [2.75, 3.05) is 107 Å². The molecule has 0 heterocycles. The average molecular weight is 1360 g/mol. The van der Waals surface area contributed by atoms with Crippen LogP contribution in [-0.4, -0.2) is 151 Å². The van der Waals surface area contributed by atoms with E-state index in [4.69, 9.17) is 66.4 Å². The third-order valence-electron chi connectivity index (χ3n) is 14.9. The zero-order chi connectivity index (χ0) is 60.7. The van der Waals surface area contributed by atoms with Crippen LogP contribution in [0.1, 0.15) is 299 Å². The van der Waals surface area contributed by atoms with Crippen molar-refractivity contribution in [2.24, 2.45) is 17.3 Å². The van der Waals surface area contributed by atoms with E-state index in [9.17, 15) is 0 Å². The van der Waals surface area contributed by atoms with E-state index in [1.807, 2.05) is 0 Å². The van der Waals surface area contributed by atoms with E-state index in [1.54, 1.807) is 107 Å². The Hall–Kier alpha value is 0.484. The monoisotopic (exact) mass is 1360 g/mol. The van der Waals surface area contributed by atoms with E-state index in [0.29, 0.717) is 22.9 Å². The molecule has 20 heteroatoms. The van der Waals surface area contributed by atoms with Crippen LogP contribution >= 0.6 is 0 Å². The van der Waals surface area contributed by atoms with Gasteiger partial charge in [0.05, 0.1) is 0 Å². The van der Waals surface area contributed by atoms with Crippen LogP contribution in [0.3, 0.4) is 0 Å². The normalized spacial score (nSPS) is 12.6. The van der Waals surface area contributed by atoms with Crippen molar-refractivity contribution in [2.45, 2.75) is 327 Å². The van der Waals surface area contributed by atoms with Gasteiger partial charge in [0.15, 0.2) is 0 Å². The molecule has 0 saturated heterocycles. The molecule has 0 N–H and O–H groups in total. The summed E-state index contributed by atoms with van der Waals surface area (Å²) in [5.74, 6) is 1.34. The molecule has 4 unspecified atom stereocenters. The van der Waals surface area contributed by atoms with Gasteiger partial charge in [-0.3, -0.25) is 0 Å². The Bertz CT molecular complexity index is 1200.